The molecule has 3 rings (SSSR count). The van der Waals surface area contributed by atoms with Crippen LogP contribution in [0.4, 0.5) is 0 Å². The number of nitrogens with zero attached hydrogens (tertiary/aromatic N) is 1. The lowest BCUT2D eigenvalue weighted by Crippen LogP contribution is -2.40. The zero-order valence-corrected chi connectivity index (χ0v) is 15.7. The van der Waals surface area contributed by atoms with Gasteiger partial charge in [-0.2, -0.15) is 0 Å². The first kappa shape index (κ1) is 17.7. The van der Waals surface area contributed by atoms with Crippen molar-refractivity contribution in [1.29, 1.82) is 0 Å². The zero-order chi connectivity index (χ0) is 17.8. The number of ether oxygens (including phenoxy) is 1. The first-order valence-electron chi connectivity index (χ1n) is 8.05. The molecule has 2 aromatic rings. The van der Waals surface area contributed by atoms with Crippen molar-refractivity contribution in [3.05, 3.63) is 63.2 Å². The summed E-state index contributed by atoms with van der Waals surface area (Å²) in [6.07, 6.45) is 1.23. The van der Waals surface area contributed by atoms with Gasteiger partial charge in [0.05, 0.1) is 0 Å². The highest BCUT2D eigenvalue weighted by Gasteiger charge is 2.34. The number of hydrogen-bond acceptors (Lipinski definition) is 3. The Morgan fingerprint density at radius 3 is 2.68 bits per heavy atom. The van der Waals surface area contributed by atoms with Crippen LogP contribution in [0.5, 0.6) is 5.75 Å². The first-order chi connectivity index (χ1) is 12.0. The minimum Gasteiger partial charge on any atom is -0.489 e. The molecule has 1 atom stereocenters. The summed E-state index contributed by atoms with van der Waals surface area (Å²) < 4.78 is 6.88. The standard InChI is InChI=1S/C19H18INO4/c20-15-6-8-16(9-7-15)25-12-13-3-1-4-14(11-13)18(22)21-10-2-5-17(21)19(23)24/h1,3-4,6-9,11,17H,2,5,10,12H2,(H,23,24)/t17-/m0/s1. The summed E-state index contributed by atoms with van der Waals surface area (Å²) >= 11 is 2.23. The van der Waals surface area contributed by atoms with Gasteiger partial charge in [0.25, 0.3) is 5.91 Å². The average molecular weight is 451 g/mol. The lowest BCUT2D eigenvalue weighted by Gasteiger charge is -2.21. The molecule has 25 heavy (non-hydrogen) atoms. The summed E-state index contributed by atoms with van der Waals surface area (Å²) in [6.45, 7) is 0.837. The molecule has 1 aliphatic heterocycles. The number of carboxylic acids is 1. The fraction of sp³-hybridized carbons (Fsp3) is 0.263. The van der Waals surface area contributed by atoms with Crippen LogP contribution in [0.25, 0.3) is 0 Å². The van der Waals surface area contributed by atoms with Crippen molar-refractivity contribution in [3.63, 3.8) is 0 Å². The Morgan fingerprint density at radius 2 is 1.96 bits per heavy atom. The molecule has 5 nitrogen and oxygen atoms in total. The van der Waals surface area contributed by atoms with Gasteiger partial charge in [-0.25, -0.2) is 4.79 Å². The third-order valence-electron chi connectivity index (χ3n) is 4.19. The van der Waals surface area contributed by atoms with Crippen molar-refractivity contribution in [2.45, 2.75) is 25.5 Å². The number of amides is 1. The van der Waals surface area contributed by atoms with Crippen LogP contribution in [0.15, 0.2) is 48.5 Å². The van der Waals surface area contributed by atoms with Crippen LogP contribution in [-0.4, -0.2) is 34.5 Å². The number of rotatable bonds is 5. The van der Waals surface area contributed by atoms with Gasteiger partial charge >= 0.3 is 5.97 Å². The second-order valence-corrected chi connectivity index (χ2v) is 7.18. The molecule has 130 valence electrons. The molecule has 2 aromatic carbocycles. The van der Waals surface area contributed by atoms with E-state index in [0.29, 0.717) is 25.1 Å². The molecule has 1 saturated heterocycles. The SMILES string of the molecule is O=C(O)[C@@H]1CCCN1C(=O)c1cccc(COc2ccc(I)cc2)c1. The molecular formula is C19H18INO4. The van der Waals surface area contributed by atoms with Crippen LogP contribution in [0.1, 0.15) is 28.8 Å². The Balaban J connectivity index is 1.69. The zero-order valence-electron chi connectivity index (χ0n) is 13.5. The topological polar surface area (TPSA) is 66.8 Å². The van der Waals surface area contributed by atoms with E-state index in [1.165, 1.54) is 4.90 Å². The Bertz CT molecular complexity index is 775. The van der Waals surface area contributed by atoms with Gasteiger partial charge in [0.1, 0.15) is 18.4 Å². The van der Waals surface area contributed by atoms with Crippen molar-refractivity contribution in [2.24, 2.45) is 0 Å². The fourth-order valence-electron chi connectivity index (χ4n) is 2.92. The minimum absolute atomic E-state index is 0.235. The molecule has 0 spiro atoms. The highest BCUT2D eigenvalue weighted by atomic mass is 127. The van der Waals surface area contributed by atoms with Crippen molar-refractivity contribution in [2.75, 3.05) is 6.54 Å². The summed E-state index contributed by atoms with van der Waals surface area (Å²) in [5, 5.41) is 9.25. The lowest BCUT2D eigenvalue weighted by atomic mass is 10.1. The maximum Gasteiger partial charge on any atom is 0.326 e. The Hall–Kier alpha value is -2.09. The van der Waals surface area contributed by atoms with E-state index < -0.39 is 12.0 Å². The number of hydrogen-bond donors (Lipinski definition) is 1. The van der Waals surface area contributed by atoms with Crippen LogP contribution < -0.4 is 4.74 Å². The van der Waals surface area contributed by atoms with E-state index in [9.17, 15) is 14.7 Å². The number of carbonyl (C=O) groups is 2. The highest BCUT2D eigenvalue weighted by Crippen LogP contribution is 2.21. The molecule has 0 saturated carbocycles. The quantitative estimate of drug-likeness (QED) is 0.707. The maximum atomic E-state index is 12.6. The van der Waals surface area contributed by atoms with E-state index >= 15 is 0 Å². The molecular weight excluding hydrogens is 433 g/mol. The summed E-state index contributed by atoms with van der Waals surface area (Å²) in [7, 11) is 0. The van der Waals surface area contributed by atoms with E-state index in [2.05, 4.69) is 22.6 Å². The van der Waals surface area contributed by atoms with E-state index in [1.54, 1.807) is 18.2 Å². The average Bonchev–Trinajstić information content (AvgIpc) is 3.11. The molecule has 0 unspecified atom stereocenters. The smallest absolute Gasteiger partial charge is 0.326 e. The Labute approximate surface area is 159 Å². The summed E-state index contributed by atoms with van der Waals surface area (Å²) in [5.74, 6) is -0.410. The van der Waals surface area contributed by atoms with Crippen molar-refractivity contribution < 1.29 is 19.4 Å². The number of carbonyl (C=O) groups excluding carboxylic acids is 1. The predicted octanol–water partition coefficient (Wildman–Crippen LogP) is 3.56. The number of halogens is 1. The molecule has 1 amide bonds. The normalized spacial score (nSPS) is 16.7. The predicted molar refractivity (Wildman–Crippen MR) is 102 cm³/mol. The van der Waals surface area contributed by atoms with E-state index in [4.69, 9.17) is 4.74 Å². The summed E-state index contributed by atoms with van der Waals surface area (Å²) in [6, 6.07) is 14.2. The van der Waals surface area contributed by atoms with Crippen molar-refractivity contribution in [1.82, 2.24) is 4.90 Å². The molecule has 6 heteroatoms. The Kier molecular flexibility index (Phi) is 5.57. The molecule has 0 aromatic heterocycles. The van der Waals surface area contributed by atoms with Gasteiger partial charge in [-0.3, -0.25) is 4.79 Å². The van der Waals surface area contributed by atoms with Crippen molar-refractivity contribution in [3.8, 4) is 5.75 Å². The Morgan fingerprint density at radius 1 is 1.20 bits per heavy atom. The van der Waals surface area contributed by atoms with Gasteiger partial charge in [0.15, 0.2) is 0 Å². The second kappa shape index (κ2) is 7.86. The van der Waals surface area contributed by atoms with E-state index in [-0.39, 0.29) is 5.91 Å². The molecule has 1 aliphatic rings. The van der Waals surface area contributed by atoms with Crippen LogP contribution in [-0.2, 0) is 11.4 Å². The van der Waals surface area contributed by atoms with Crippen LogP contribution in [0.2, 0.25) is 0 Å². The monoisotopic (exact) mass is 451 g/mol. The van der Waals surface area contributed by atoms with Gasteiger partial charge in [0.2, 0.25) is 0 Å². The van der Waals surface area contributed by atoms with Gasteiger partial charge in [-0.1, -0.05) is 12.1 Å². The van der Waals surface area contributed by atoms with Crippen LogP contribution in [0.3, 0.4) is 0 Å². The van der Waals surface area contributed by atoms with E-state index in [1.807, 2.05) is 30.3 Å². The molecule has 1 N–H and O–H groups in total. The molecule has 0 aliphatic carbocycles. The molecule has 0 bridgehead atoms. The first-order valence-corrected chi connectivity index (χ1v) is 9.13. The molecule has 1 fully saturated rings. The number of aliphatic carboxylic acids is 1. The number of likely N-dealkylation sites (tertiary alicyclic amines) is 1. The minimum atomic E-state index is -0.941. The van der Waals surface area contributed by atoms with Gasteiger partial charge in [-0.05, 0) is 77.4 Å². The second-order valence-electron chi connectivity index (χ2n) is 5.94. The third-order valence-corrected chi connectivity index (χ3v) is 4.91. The summed E-state index contributed by atoms with van der Waals surface area (Å²) in [5.41, 5.74) is 1.37. The fourth-order valence-corrected chi connectivity index (χ4v) is 3.28. The maximum absolute atomic E-state index is 12.6. The highest BCUT2D eigenvalue weighted by molar-refractivity contribution is 14.1. The van der Waals surface area contributed by atoms with Gasteiger partial charge < -0.3 is 14.7 Å². The lowest BCUT2D eigenvalue weighted by molar-refractivity contribution is -0.141. The third kappa shape index (κ3) is 4.31. The van der Waals surface area contributed by atoms with E-state index in [0.717, 1.165) is 21.3 Å². The number of benzene rings is 2. The molecule has 1 heterocycles. The van der Waals surface area contributed by atoms with Gasteiger partial charge in [-0.15, -0.1) is 0 Å². The molecule has 0 radical (unpaired) electrons. The summed E-state index contributed by atoms with van der Waals surface area (Å²) in [4.78, 5) is 25.4. The van der Waals surface area contributed by atoms with Crippen LogP contribution >= 0.6 is 22.6 Å². The van der Waals surface area contributed by atoms with Gasteiger partial charge in [0, 0.05) is 15.7 Å². The van der Waals surface area contributed by atoms with Crippen LogP contribution in [0, 0.1) is 3.57 Å². The number of carboxylic acid groups (broad SMARTS) is 1. The largest absolute Gasteiger partial charge is 0.489 e. The van der Waals surface area contributed by atoms with Crippen molar-refractivity contribution >= 4 is 34.5 Å².